The van der Waals surface area contributed by atoms with E-state index in [0.29, 0.717) is 25.5 Å². The third kappa shape index (κ3) is 5.11. The van der Waals surface area contributed by atoms with Crippen molar-refractivity contribution in [3.63, 3.8) is 0 Å². The Morgan fingerprint density at radius 1 is 1.27 bits per heavy atom. The second-order valence-corrected chi connectivity index (χ2v) is 9.26. The van der Waals surface area contributed by atoms with Crippen molar-refractivity contribution in [2.24, 2.45) is 0 Å². The van der Waals surface area contributed by atoms with Crippen LogP contribution < -0.4 is 10.6 Å². The SMILES string of the molecule is COC1CNC(C(=O)NCC2=CC=C(S(=O)(=O)c3cccc(C(F)(F)F)c3)CC2)C1. The minimum atomic E-state index is -4.62. The maximum absolute atomic E-state index is 12.9. The van der Waals surface area contributed by atoms with Gasteiger partial charge in [0, 0.05) is 25.1 Å². The van der Waals surface area contributed by atoms with Crippen molar-refractivity contribution in [2.75, 3.05) is 20.2 Å². The second kappa shape index (κ2) is 8.91. The molecule has 1 amide bonds. The van der Waals surface area contributed by atoms with Crippen molar-refractivity contribution >= 4 is 15.7 Å². The number of halogens is 3. The molecule has 6 nitrogen and oxygen atoms in total. The minimum Gasteiger partial charge on any atom is -0.380 e. The number of ether oxygens (including phenoxy) is 1. The van der Waals surface area contributed by atoms with Gasteiger partial charge in [-0.05, 0) is 43.5 Å². The lowest BCUT2D eigenvalue weighted by atomic mass is 10.0. The van der Waals surface area contributed by atoms with Crippen LogP contribution in [0.5, 0.6) is 0 Å². The third-order valence-electron chi connectivity index (χ3n) is 5.24. The first kappa shape index (κ1) is 22.5. The Morgan fingerprint density at radius 2 is 2.03 bits per heavy atom. The molecule has 1 aromatic carbocycles. The number of sulfone groups is 1. The highest BCUT2D eigenvalue weighted by atomic mass is 32.2. The maximum Gasteiger partial charge on any atom is 0.416 e. The Kier molecular flexibility index (Phi) is 6.68. The molecular formula is C20H23F3N2O4S. The summed E-state index contributed by atoms with van der Waals surface area (Å²) in [5.74, 6) is -0.151. The van der Waals surface area contributed by atoms with Gasteiger partial charge in [-0.2, -0.15) is 13.2 Å². The number of carbonyl (C=O) groups excluding carboxylic acids is 1. The summed E-state index contributed by atoms with van der Waals surface area (Å²) < 4.78 is 69.3. The van der Waals surface area contributed by atoms with Crippen molar-refractivity contribution < 1.29 is 31.1 Å². The van der Waals surface area contributed by atoms with E-state index in [1.807, 2.05) is 0 Å². The molecule has 30 heavy (non-hydrogen) atoms. The van der Waals surface area contributed by atoms with Crippen molar-refractivity contribution in [2.45, 2.75) is 42.5 Å². The number of rotatable bonds is 6. The van der Waals surface area contributed by atoms with Crippen LogP contribution in [0.15, 0.2) is 51.8 Å². The van der Waals surface area contributed by atoms with E-state index in [0.717, 1.165) is 23.8 Å². The van der Waals surface area contributed by atoms with Gasteiger partial charge in [-0.15, -0.1) is 0 Å². The largest absolute Gasteiger partial charge is 0.416 e. The number of hydrogen-bond acceptors (Lipinski definition) is 5. The van der Waals surface area contributed by atoms with Gasteiger partial charge in [-0.1, -0.05) is 17.7 Å². The van der Waals surface area contributed by atoms with Crippen LogP contribution in [-0.4, -0.2) is 46.7 Å². The van der Waals surface area contributed by atoms with Gasteiger partial charge in [0.25, 0.3) is 0 Å². The number of carbonyl (C=O) groups is 1. The van der Waals surface area contributed by atoms with E-state index in [1.165, 1.54) is 6.08 Å². The average molecular weight is 444 g/mol. The molecule has 164 valence electrons. The highest BCUT2D eigenvalue weighted by molar-refractivity contribution is 7.95. The van der Waals surface area contributed by atoms with Crippen molar-refractivity contribution in [1.82, 2.24) is 10.6 Å². The molecule has 2 atom stereocenters. The van der Waals surface area contributed by atoms with Gasteiger partial charge in [0.05, 0.1) is 22.6 Å². The van der Waals surface area contributed by atoms with E-state index in [9.17, 15) is 26.4 Å². The lowest BCUT2D eigenvalue weighted by Crippen LogP contribution is -2.41. The van der Waals surface area contributed by atoms with Crippen LogP contribution in [0.1, 0.15) is 24.8 Å². The summed E-state index contributed by atoms with van der Waals surface area (Å²) in [5.41, 5.74) is -0.164. The number of allylic oxidation sites excluding steroid dienone is 3. The number of methoxy groups -OCH3 is 1. The first-order chi connectivity index (χ1) is 14.1. The minimum absolute atomic E-state index is 0.00110. The summed E-state index contributed by atoms with van der Waals surface area (Å²) >= 11 is 0. The molecule has 0 radical (unpaired) electrons. The van der Waals surface area contributed by atoms with E-state index in [-0.39, 0.29) is 40.8 Å². The van der Waals surface area contributed by atoms with E-state index in [4.69, 9.17) is 4.74 Å². The zero-order valence-electron chi connectivity index (χ0n) is 16.3. The van der Waals surface area contributed by atoms with Gasteiger partial charge >= 0.3 is 6.18 Å². The summed E-state index contributed by atoms with van der Waals surface area (Å²) in [5, 5.41) is 5.90. The van der Waals surface area contributed by atoms with Crippen molar-refractivity contribution in [3.8, 4) is 0 Å². The molecule has 0 aromatic heterocycles. The topological polar surface area (TPSA) is 84.5 Å². The first-order valence-corrected chi connectivity index (χ1v) is 10.9. The normalized spacial score (nSPS) is 22.4. The van der Waals surface area contributed by atoms with Gasteiger partial charge in [-0.3, -0.25) is 4.79 Å². The van der Waals surface area contributed by atoms with Crippen LogP contribution in [0.3, 0.4) is 0 Å². The zero-order chi connectivity index (χ0) is 21.9. The fraction of sp³-hybridized carbons (Fsp3) is 0.450. The van der Waals surface area contributed by atoms with Gasteiger partial charge in [0.1, 0.15) is 0 Å². The van der Waals surface area contributed by atoms with Crippen LogP contribution in [0.4, 0.5) is 13.2 Å². The lowest BCUT2D eigenvalue weighted by molar-refractivity contribution is -0.137. The van der Waals surface area contributed by atoms with E-state index < -0.39 is 21.6 Å². The van der Waals surface area contributed by atoms with Crippen LogP contribution >= 0.6 is 0 Å². The number of alkyl halides is 3. The zero-order valence-corrected chi connectivity index (χ0v) is 17.1. The monoisotopic (exact) mass is 444 g/mol. The molecule has 1 saturated heterocycles. The van der Waals surface area contributed by atoms with Crippen LogP contribution in [-0.2, 0) is 25.5 Å². The van der Waals surface area contributed by atoms with Crippen molar-refractivity contribution in [1.29, 1.82) is 0 Å². The average Bonchev–Trinajstić information content (AvgIpc) is 3.21. The molecule has 10 heteroatoms. The highest BCUT2D eigenvalue weighted by Crippen LogP contribution is 2.33. The fourth-order valence-electron chi connectivity index (χ4n) is 3.43. The molecule has 0 spiro atoms. The Labute approximate surface area is 173 Å². The molecular weight excluding hydrogens is 421 g/mol. The second-order valence-electron chi connectivity index (χ2n) is 7.26. The molecule has 1 aromatic rings. The summed E-state index contributed by atoms with van der Waals surface area (Å²) in [4.78, 5) is 11.9. The van der Waals surface area contributed by atoms with E-state index in [1.54, 1.807) is 13.2 Å². The summed E-state index contributed by atoms with van der Waals surface area (Å²) in [6.45, 7) is 0.888. The predicted molar refractivity (Wildman–Crippen MR) is 104 cm³/mol. The lowest BCUT2D eigenvalue weighted by Gasteiger charge is -2.17. The Morgan fingerprint density at radius 3 is 2.63 bits per heavy atom. The smallest absolute Gasteiger partial charge is 0.380 e. The molecule has 1 aliphatic carbocycles. The van der Waals surface area contributed by atoms with Gasteiger partial charge in [0.2, 0.25) is 15.7 Å². The molecule has 1 heterocycles. The van der Waals surface area contributed by atoms with Gasteiger partial charge in [-0.25, -0.2) is 8.42 Å². The first-order valence-electron chi connectivity index (χ1n) is 9.46. The quantitative estimate of drug-likeness (QED) is 0.705. The molecule has 2 aliphatic rings. The summed E-state index contributed by atoms with van der Waals surface area (Å²) in [7, 11) is -2.42. The van der Waals surface area contributed by atoms with Crippen LogP contribution in [0.2, 0.25) is 0 Å². The number of amides is 1. The summed E-state index contributed by atoms with van der Waals surface area (Å²) in [6.07, 6.45) is -0.479. The Bertz CT molecular complexity index is 971. The van der Waals surface area contributed by atoms with Gasteiger partial charge < -0.3 is 15.4 Å². The highest BCUT2D eigenvalue weighted by Gasteiger charge is 2.33. The Balaban J connectivity index is 1.65. The predicted octanol–water partition coefficient (Wildman–Crippen LogP) is 2.58. The molecule has 0 bridgehead atoms. The number of nitrogens with one attached hydrogen (secondary N) is 2. The van der Waals surface area contributed by atoms with E-state index >= 15 is 0 Å². The number of hydrogen-bond donors (Lipinski definition) is 2. The molecule has 1 fully saturated rings. The maximum atomic E-state index is 12.9. The standard InChI is InChI=1S/C20H23F3N2O4S/c1-29-15-10-18(24-12-15)19(26)25-11-13-5-7-16(8-6-13)30(27,28)17-4-2-3-14(9-17)20(21,22)23/h2-5,7,9,15,18,24H,6,8,10-12H2,1H3,(H,25,26). The fourth-order valence-corrected chi connectivity index (χ4v) is 4.89. The van der Waals surface area contributed by atoms with Crippen LogP contribution in [0, 0.1) is 0 Å². The molecule has 2 unspecified atom stereocenters. The summed E-state index contributed by atoms with van der Waals surface area (Å²) in [6, 6.07) is 3.40. The third-order valence-corrected chi connectivity index (χ3v) is 7.15. The molecule has 3 rings (SSSR count). The Hall–Kier alpha value is -2.17. The van der Waals surface area contributed by atoms with Crippen molar-refractivity contribution in [3.05, 3.63) is 52.5 Å². The number of benzene rings is 1. The molecule has 0 saturated carbocycles. The van der Waals surface area contributed by atoms with Gasteiger partial charge in [0.15, 0.2) is 0 Å². The molecule has 2 N–H and O–H groups in total. The van der Waals surface area contributed by atoms with Crippen LogP contribution in [0.25, 0.3) is 0 Å². The molecule has 1 aliphatic heterocycles. The van der Waals surface area contributed by atoms with E-state index in [2.05, 4.69) is 10.6 Å².